The molecular weight excluding hydrogens is 731 g/mol. The number of hydrogen-bond donors (Lipinski definition) is 0. The van der Waals surface area contributed by atoms with Crippen molar-refractivity contribution in [1.29, 1.82) is 0 Å². The minimum atomic E-state index is -0.443. The first-order valence-electron chi connectivity index (χ1n) is 20.4. The van der Waals surface area contributed by atoms with Gasteiger partial charge >= 0.3 is 0 Å². The molecule has 0 unspecified atom stereocenters. The van der Waals surface area contributed by atoms with Crippen molar-refractivity contribution < 1.29 is 0 Å². The summed E-state index contributed by atoms with van der Waals surface area (Å²) in [6, 6.07) is 79.4. The Labute approximate surface area is 346 Å². The molecule has 1 nitrogen and oxygen atoms in total. The Bertz CT molecular complexity index is 3390. The van der Waals surface area contributed by atoms with Crippen LogP contribution < -0.4 is 4.90 Å². The molecule has 274 valence electrons. The van der Waals surface area contributed by atoms with Crippen molar-refractivity contribution in [3.63, 3.8) is 0 Å². The van der Waals surface area contributed by atoms with Crippen molar-refractivity contribution in [2.45, 2.75) is 5.41 Å². The van der Waals surface area contributed by atoms with Crippen molar-refractivity contribution in [1.82, 2.24) is 0 Å². The van der Waals surface area contributed by atoms with Crippen molar-refractivity contribution in [2.24, 2.45) is 0 Å². The molecule has 0 atom stereocenters. The van der Waals surface area contributed by atoms with Crippen LogP contribution in [0.4, 0.5) is 17.1 Å². The molecule has 0 aliphatic heterocycles. The maximum absolute atomic E-state index is 2.53. The summed E-state index contributed by atoms with van der Waals surface area (Å²) in [6.07, 6.45) is 0. The SMILES string of the molecule is c1cc(-c2cc3ccccc3s2)cc(N(c2ccc3c(c2)C2(c4ccccc4-c4ccccc42)c2ccccc2-3)c2cccc3c4ccccc4c4ccccc4c23)c1. The van der Waals surface area contributed by atoms with Crippen LogP contribution in [0.1, 0.15) is 22.3 Å². The van der Waals surface area contributed by atoms with Crippen molar-refractivity contribution in [2.75, 3.05) is 4.90 Å². The average molecular weight is 766 g/mol. The molecule has 0 amide bonds. The lowest BCUT2D eigenvalue weighted by atomic mass is 9.70. The van der Waals surface area contributed by atoms with E-state index in [0.717, 1.165) is 17.1 Å². The summed E-state index contributed by atoms with van der Waals surface area (Å²) in [6.45, 7) is 0. The summed E-state index contributed by atoms with van der Waals surface area (Å²) >= 11 is 1.86. The highest BCUT2D eigenvalue weighted by Crippen LogP contribution is 2.63. The number of rotatable bonds is 4. The number of thiophene rings is 1. The van der Waals surface area contributed by atoms with E-state index in [9.17, 15) is 0 Å². The predicted molar refractivity (Wildman–Crippen MR) is 251 cm³/mol. The Balaban J connectivity index is 1.13. The van der Waals surface area contributed by atoms with Gasteiger partial charge in [0.1, 0.15) is 0 Å². The summed E-state index contributed by atoms with van der Waals surface area (Å²) < 4.78 is 1.30. The van der Waals surface area contributed by atoms with Gasteiger partial charge < -0.3 is 4.90 Å². The second-order valence-electron chi connectivity index (χ2n) is 15.9. The van der Waals surface area contributed by atoms with Gasteiger partial charge in [0.15, 0.2) is 0 Å². The molecule has 10 aromatic carbocycles. The van der Waals surface area contributed by atoms with E-state index >= 15 is 0 Å². The van der Waals surface area contributed by atoms with Crippen LogP contribution in [0.3, 0.4) is 0 Å². The van der Waals surface area contributed by atoms with Crippen LogP contribution >= 0.6 is 11.3 Å². The van der Waals surface area contributed by atoms with Gasteiger partial charge in [-0.15, -0.1) is 11.3 Å². The second-order valence-corrected chi connectivity index (χ2v) is 17.0. The van der Waals surface area contributed by atoms with E-state index in [-0.39, 0.29) is 0 Å². The quantitative estimate of drug-likeness (QED) is 0.161. The van der Waals surface area contributed by atoms with Gasteiger partial charge in [-0.3, -0.25) is 0 Å². The monoisotopic (exact) mass is 765 g/mol. The summed E-state index contributed by atoms with van der Waals surface area (Å²) in [7, 11) is 0. The number of benzene rings is 10. The lowest BCUT2D eigenvalue weighted by Gasteiger charge is -2.32. The van der Waals surface area contributed by atoms with Crippen LogP contribution in [0.2, 0.25) is 0 Å². The normalized spacial score (nSPS) is 13.2. The van der Waals surface area contributed by atoms with E-state index in [1.54, 1.807) is 0 Å². The van der Waals surface area contributed by atoms with Crippen LogP contribution in [0.15, 0.2) is 212 Å². The number of nitrogens with zero attached hydrogens (tertiary/aromatic N) is 1. The summed E-state index contributed by atoms with van der Waals surface area (Å²) in [5.74, 6) is 0. The molecule has 0 radical (unpaired) electrons. The minimum absolute atomic E-state index is 0.443. The fourth-order valence-electron chi connectivity index (χ4n) is 10.7. The summed E-state index contributed by atoms with van der Waals surface area (Å²) in [4.78, 5) is 3.80. The summed E-state index contributed by atoms with van der Waals surface area (Å²) in [5.41, 5.74) is 14.8. The zero-order valence-corrected chi connectivity index (χ0v) is 32.9. The largest absolute Gasteiger partial charge is 0.310 e. The van der Waals surface area contributed by atoms with Crippen LogP contribution in [-0.2, 0) is 5.41 Å². The van der Waals surface area contributed by atoms with Crippen LogP contribution in [0.25, 0.3) is 75.1 Å². The first-order valence-corrected chi connectivity index (χ1v) is 21.2. The number of fused-ring (bicyclic) bond motifs is 17. The molecule has 11 aromatic rings. The molecule has 2 aliphatic carbocycles. The predicted octanol–water partition coefficient (Wildman–Crippen LogP) is 15.8. The molecule has 0 bridgehead atoms. The van der Waals surface area contributed by atoms with Gasteiger partial charge in [0.2, 0.25) is 0 Å². The molecule has 0 saturated heterocycles. The smallest absolute Gasteiger partial charge is 0.0726 e. The minimum Gasteiger partial charge on any atom is -0.310 e. The van der Waals surface area contributed by atoms with E-state index in [2.05, 4.69) is 217 Å². The zero-order valence-electron chi connectivity index (χ0n) is 32.1. The van der Waals surface area contributed by atoms with Crippen molar-refractivity contribution in [3.05, 3.63) is 235 Å². The Hall–Kier alpha value is -7.26. The maximum Gasteiger partial charge on any atom is 0.0726 e. The first-order chi connectivity index (χ1) is 29.3. The van der Waals surface area contributed by atoms with Crippen molar-refractivity contribution in [3.8, 4) is 32.7 Å². The van der Waals surface area contributed by atoms with E-state index in [0.29, 0.717) is 0 Å². The molecule has 1 heterocycles. The average Bonchev–Trinajstić information content (AvgIpc) is 3.97. The highest BCUT2D eigenvalue weighted by molar-refractivity contribution is 7.22. The van der Waals surface area contributed by atoms with E-state index in [4.69, 9.17) is 0 Å². The highest BCUT2D eigenvalue weighted by Gasteiger charge is 2.51. The van der Waals surface area contributed by atoms with E-state index < -0.39 is 5.41 Å². The molecule has 2 heteroatoms. The molecule has 0 saturated carbocycles. The standard InChI is InChI=1S/C57H35NS/c1-12-30-54-37(15-1)34-55(59-54)36-16-13-17-38(33-36)58(53-29-14-25-48-42-19-3-2-18-40(42)41-20-4-5-24-47(41)56(48)53)39-31-32-46-45-23-8-11-28-51(45)57(52(46)35-39)49-26-9-6-21-43(49)44-22-7-10-27-50(44)57/h1-35H. The van der Waals surface area contributed by atoms with Crippen LogP contribution in [0, 0.1) is 0 Å². The third-order valence-electron chi connectivity index (χ3n) is 13.0. The molecule has 1 spiro atoms. The second kappa shape index (κ2) is 12.4. The van der Waals surface area contributed by atoms with Crippen molar-refractivity contribution >= 4 is 70.8 Å². The molecule has 0 N–H and O–H groups in total. The van der Waals surface area contributed by atoms with Crippen LogP contribution in [0.5, 0.6) is 0 Å². The molecule has 1 aromatic heterocycles. The van der Waals surface area contributed by atoms with Gasteiger partial charge in [0.25, 0.3) is 0 Å². The number of anilines is 3. The lowest BCUT2D eigenvalue weighted by molar-refractivity contribution is 0.793. The van der Waals surface area contributed by atoms with Gasteiger partial charge in [0.05, 0.1) is 11.1 Å². The topological polar surface area (TPSA) is 3.24 Å². The molecule has 13 rings (SSSR count). The maximum atomic E-state index is 2.53. The molecule has 2 aliphatic rings. The third-order valence-corrected chi connectivity index (χ3v) is 14.2. The molecule has 59 heavy (non-hydrogen) atoms. The fourth-order valence-corrected chi connectivity index (χ4v) is 11.8. The van der Waals surface area contributed by atoms with Gasteiger partial charge in [-0.25, -0.2) is 0 Å². The third kappa shape index (κ3) is 4.50. The Morgan fingerprint density at radius 3 is 1.53 bits per heavy atom. The lowest BCUT2D eigenvalue weighted by Crippen LogP contribution is -2.26. The van der Waals surface area contributed by atoms with Gasteiger partial charge in [-0.2, -0.15) is 0 Å². The molecular formula is C57H35NS. The van der Waals surface area contributed by atoms with E-state index in [1.165, 1.54) is 97.4 Å². The Morgan fingerprint density at radius 1 is 0.356 bits per heavy atom. The zero-order chi connectivity index (χ0) is 38.7. The highest BCUT2D eigenvalue weighted by atomic mass is 32.1. The first kappa shape index (κ1) is 32.8. The summed E-state index contributed by atoms with van der Waals surface area (Å²) in [5, 5.41) is 8.86. The van der Waals surface area contributed by atoms with Gasteiger partial charge in [-0.05, 0) is 125 Å². The van der Waals surface area contributed by atoms with Crippen LogP contribution in [-0.4, -0.2) is 0 Å². The Morgan fingerprint density at radius 2 is 0.864 bits per heavy atom. The molecule has 0 fully saturated rings. The van der Waals surface area contributed by atoms with Gasteiger partial charge in [0, 0.05) is 26.3 Å². The van der Waals surface area contributed by atoms with E-state index in [1.807, 2.05) is 11.3 Å². The number of hydrogen-bond acceptors (Lipinski definition) is 2. The fraction of sp³-hybridized carbons (Fsp3) is 0.0175. The van der Waals surface area contributed by atoms with Gasteiger partial charge in [-0.1, -0.05) is 170 Å². The Kier molecular flexibility index (Phi) is 6.87.